The van der Waals surface area contributed by atoms with Crippen LogP contribution in [0.15, 0.2) is 58.8 Å². The molecule has 0 unspecified atom stereocenters. The Balaban J connectivity index is 1.74. The van der Waals surface area contributed by atoms with Gasteiger partial charge in [0.2, 0.25) is 5.91 Å². The first-order valence-electron chi connectivity index (χ1n) is 11.7. The zero-order valence-corrected chi connectivity index (χ0v) is 22.8. The first-order valence-corrected chi connectivity index (χ1v) is 13.5. The summed E-state index contributed by atoms with van der Waals surface area (Å²) in [4.78, 5) is 16.9. The number of aryl methyl sites for hydroxylation is 1. The first-order chi connectivity index (χ1) is 17.6. The molecule has 1 aliphatic rings. The zero-order valence-electron chi connectivity index (χ0n) is 21.2. The molecule has 0 saturated carbocycles. The van der Waals surface area contributed by atoms with Gasteiger partial charge in [0.25, 0.3) is 10.0 Å². The number of amidine groups is 1. The van der Waals surface area contributed by atoms with Crippen molar-refractivity contribution in [2.45, 2.75) is 62.4 Å². The van der Waals surface area contributed by atoms with Gasteiger partial charge >= 0.3 is 6.18 Å². The van der Waals surface area contributed by atoms with Crippen molar-refractivity contribution in [2.75, 3.05) is 6.54 Å². The summed E-state index contributed by atoms with van der Waals surface area (Å²) < 4.78 is 66.8. The molecule has 3 rings (SSSR count). The number of carbonyl (C=O) groups is 1. The normalized spacial score (nSPS) is 17.0. The molecular weight excluding hydrogens is 545 g/mol. The van der Waals surface area contributed by atoms with E-state index in [1.807, 2.05) is 0 Å². The molecule has 14 heteroatoms. The van der Waals surface area contributed by atoms with Gasteiger partial charge in [0, 0.05) is 36.9 Å². The van der Waals surface area contributed by atoms with Gasteiger partial charge in [0.15, 0.2) is 11.1 Å². The monoisotopic (exact) mass is 574 g/mol. The number of sulfonamides is 1. The van der Waals surface area contributed by atoms with Crippen molar-refractivity contribution in [2.24, 2.45) is 12.0 Å². The van der Waals surface area contributed by atoms with Crippen LogP contribution in [0.5, 0.6) is 0 Å². The number of hydrogen-bond acceptors (Lipinski definition) is 6. The number of allylic oxidation sites excluding steroid dienone is 1. The number of carbonyl (C=O) groups excluding carboxylic acids is 1. The summed E-state index contributed by atoms with van der Waals surface area (Å²) in [7, 11) is -2.44. The minimum atomic E-state index is -4.38. The van der Waals surface area contributed by atoms with Crippen LogP contribution in [0, 0.1) is 0 Å². The lowest BCUT2D eigenvalue weighted by Crippen LogP contribution is -2.51. The summed E-state index contributed by atoms with van der Waals surface area (Å²) in [6.07, 6.45) is -3.59. The number of nitrogens with one attached hydrogen (secondary N) is 2. The van der Waals surface area contributed by atoms with Gasteiger partial charge in [-0.25, -0.2) is 0 Å². The van der Waals surface area contributed by atoms with Crippen molar-refractivity contribution >= 4 is 33.4 Å². The van der Waals surface area contributed by atoms with Crippen molar-refractivity contribution in [3.63, 3.8) is 0 Å². The fraction of sp³-hybridized carbons (Fsp3) is 0.458. The summed E-state index contributed by atoms with van der Waals surface area (Å²) in [5, 5.41) is 9.82. The predicted octanol–water partition coefficient (Wildman–Crippen LogP) is 3.78. The molecule has 1 aromatic carbocycles. The molecule has 0 radical (unpaired) electrons. The molecule has 0 spiro atoms. The Morgan fingerprint density at radius 3 is 2.50 bits per heavy atom. The molecule has 0 saturated heterocycles. The van der Waals surface area contributed by atoms with Crippen molar-refractivity contribution in [1.82, 2.24) is 24.7 Å². The van der Waals surface area contributed by atoms with Crippen molar-refractivity contribution in [3.05, 3.63) is 59.4 Å². The molecule has 2 N–H and O–H groups in total. The van der Waals surface area contributed by atoms with Crippen molar-refractivity contribution < 1.29 is 26.4 Å². The highest BCUT2D eigenvalue weighted by Gasteiger charge is 2.41. The van der Waals surface area contributed by atoms with Gasteiger partial charge < -0.3 is 10.6 Å². The minimum Gasteiger partial charge on any atom is -0.366 e. The first kappa shape index (κ1) is 29.5. The Morgan fingerprint density at radius 2 is 1.92 bits per heavy atom. The maximum absolute atomic E-state index is 13.5. The van der Waals surface area contributed by atoms with Crippen LogP contribution in [-0.4, -0.2) is 58.5 Å². The summed E-state index contributed by atoms with van der Waals surface area (Å²) in [6.45, 7) is 6.88. The number of alkyl halides is 3. The molecule has 1 amide bonds. The molecule has 1 atom stereocenters. The molecule has 0 aliphatic carbocycles. The topological polar surface area (TPSA) is 109 Å². The Kier molecular flexibility index (Phi) is 8.82. The van der Waals surface area contributed by atoms with Gasteiger partial charge in [-0.3, -0.25) is 18.8 Å². The number of aliphatic imine (C=N–C) groups is 1. The summed E-state index contributed by atoms with van der Waals surface area (Å²) in [6, 6.07) is 7.19. The second-order valence-corrected chi connectivity index (χ2v) is 11.8. The average molecular weight is 575 g/mol. The van der Waals surface area contributed by atoms with E-state index in [0.717, 1.165) is 0 Å². The average Bonchev–Trinajstić information content (AvgIpc) is 3.38. The highest BCUT2D eigenvalue weighted by atomic mass is 35.5. The van der Waals surface area contributed by atoms with E-state index in [-0.39, 0.29) is 30.1 Å². The quantitative estimate of drug-likeness (QED) is 0.425. The number of amides is 1. The van der Waals surface area contributed by atoms with Crippen LogP contribution in [0.1, 0.15) is 38.7 Å². The fourth-order valence-corrected chi connectivity index (χ4v) is 5.45. The van der Waals surface area contributed by atoms with Crippen LogP contribution in [0.25, 0.3) is 0 Å². The van der Waals surface area contributed by atoms with Gasteiger partial charge in [0.1, 0.15) is 0 Å². The van der Waals surface area contributed by atoms with E-state index in [9.17, 15) is 26.4 Å². The Morgan fingerprint density at radius 1 is 1.26 bits per heavy atom. The second-order valence-electron chi connectivity index (χ2n) is 9.51. The lowest BCUT2D eigenvalue weighted by Gasteiger charge is -2.27. The van der Waals surface area contributed by atoms with E-state index in [1.165, 1.54) is 21.3 Å². The standard InChI is InChI=1S/C24H30ClF3N6O3S/c1-16(5-10-19-30-21(23(2,3)31-19)22(35)29-13-12-24(26,27)28)34(15-17-6-8-18(25)9-7-17)38(36,37)20-11-14-33(4)32-20/h6-9,11,14,21H,1,5,10,12-13,15H2,2-4H3,(H,29,35)(H,30,31)/t21-/m0/s1. The van der Waals surface area contributed by atoms with Gasteiger partial charge in [-0.2, -0.15) is 26.7 Å². The number of halogens is 4. The van der Waals surface area contributed by atoms with Crippen LogP contribution in [0.4, 0.5) is 13.2 Å². The number of rotatable bonds is 11. The number of nitrogens with zero attached hydrogens (tertiary/aromatic N) is 4. The van der Waals surface area contributed by atoms with Crippen LogP contribution in [0.3, 0.4) is 0 Å². The molecule has 2 heterocycles. The number of hydrogen-bond donors (Lipinski definition) is 2. The molecule has 2 aromatic rings. The SMILES string of the molecule is C=C(CCC1=N[C@@H](C(=O)NCCC(F)(F)F)C(C)(C)N1)N(Cc1ccc(Cl)cc1)S(=O)(=O)c1ccn(C)n1. The van der Waals surface area contributed by atoms with E-state index in [1.54, 1.807) is 45.2 Å². The van der Waals surface area contributed by atoms with Crippen LogP contribution in [-0.2, 0) is 28.4 Å². The third kappa shape index (κ3) is 7.50. The third-order valence-corrected chi connectivity index (χ3v) is 7.84. The molecule has 208 valence electrons. The highest BCUT2D eigenvalue weighted by molar-refractivity contribution is 7.89. The van der Waals surface area contributed by atoms with Crippen LogP contribution >= 0.6 is 11.6 Å². The van der Waals surface area contributed by atoms with Gasteiger partial charge in [-0.15, -0.1) is 0 Å². The van der Waals surface area contributed by atoms with Crippen molar-refractivity contribution in [1.29, 1.82) is 0 Å². The van der Waals surface area contributed by atoms with Gasteiger partial charge in [-0.1, -0.05) is 30.3 Å². The largest absolute Gasteiger partial charge is 0.390 e. The highest BCUT2D eigenvalue weighted by Crippen LogP contribution is 2.27. The lowest BCUT2D eigenvalue weighted by molar-refractivity contribution is -0.136. The third-order valence-electron chi connectivity index (χ3n) is 5.88. The van der Waals surface area contributed by atoms with Crippen LogP contribution < -0.4 is 10.6 Å². The molecule has 0 fully saturated rings. The maximum Gasteiger partial charge on any atom is 0.390 e. The second kappa shape index (κ2) is 11.4. The zero-order chi connectivity index (χ0) is 28.3. The summed E-state index contributed by atoms with van der Waals surface area (Å²) >= 11 is 5.97. The van der Waals surface area contributed by atoms with E-state index in [0.29, 0.717) is 16.4 Å². The number of aromatic nitrogens is 2. The predicted molar refractivity (Wildman–Crippen MR) is 138 cm³/mol. The van der Waals surface area contributed by atoms with Gasteiger partial charge in [0.05, 0.1) is 24.3 Å². The fourth-order valence-electron chi connectivity index (χ4n) is 3.88. The lowest BCUT2D eigenvalue weighted by atomic mass is 9.96. The van der Waals surface area contributed by atoms with Gasteiger partial charge in [-0.05, 0) is 44.0 Å². The van der Waals surface area contributed by atoms with E-state index >= 15 is 0 Å². The molecule has 1 aliphatic heterocycles. The minimum absolute atomic E-state index is 0.00938. The van der Waals surface area contributed by atoms with Crippen LogP contribution in [0.2, 0.25) is 5.02 Å². The maximum atomic E-state index is 13.5. The Hall–Kier alpha value is -3.06. The molecule has 9 nitrogen and oxygen atoms in total. The Labute approximate surface area is 224 Å². The summed E-state index contributed by atoms with van der Waals surface area (Å²) in [5.41, 5.74) is 0.108. The molecular formula is C24H30ClF3N6O3S. The smallest absolute Gasteiger partial charge is 0.366 e. The Bertz CT molecular complexity index is 1310. The number of benzene rings is 1. The molecule has 0 bridgehead atoms. The molecule has 1 aromatic heterocycles. The van der Waals surface area contributed by atoms with E-state index in [2.05, 4.69) is 27.3 Å². The van der Waals surface area contributed by atoms with E-state index < -0.39 is 46.7 Å². The molecule has 38 heavy (non-hydrogen) atoms. The van der Waals surface area contributed by atoms with E-state index in [4.69, 9.17) is 11.6 Å². The summed E-state index contributed by atoms with van der Waals surface area (Å²) in [5.74, 6) is -0.198. The van der Waals surface area contributed by atoms with Crippen molar-refractivity contribution in [3.8, 4) is 0 Å².